The highest BCUT2D eigenvalue weighted by atomic mass is 35.5. The number of carbonyl (C=O) groups is 2. The molecule has 1 aliphatic heterocycles. The van der Waals surface area contributed by atoms with Gasteiger partial charge in [-0.1, -0.05) is 49.2 Å². The van der Waals surface area contributed by atoms with E-state index in [1.54, 1.807) is 56.0 Å². The molecule has 3 rings (SSSR count). The molecule has 0 aliphatic carbocycles. The van der Waals surface area contributed by atoms with Crippen LogP contribution < -0.4 is 4.72 Å². The summed E-state index contributed by atoms with van der Waals surface area (Å²) in [7, 11) is -3.64. The van der Waals surface area contributed by atoms with Crippen molar-refractivity contribution in [3.05, 3.63) is 69.5 Å². The SMILES string of the molecule is CC[C@@H](CNS(=O)(=O)C(C)C)N1C(=O)[C@@](C)(CC(=O)O)C[C@H](c2cc(F)cc(Cl)c2)[C@H]1c1ccc(Cl)cc1. The number of halogens is 3. The molecule has 0 aromatic heterocycles. The van der Waals surface area contributed by atoms with Crippen molar-refractivity contribution < 1.29 is 27.5 Å². The van der Waals surface area contributed by atoms with Gasteiger partial charge in [0.15, 0.2) is 0 Å². The molecule has 1 heterocycles. The van der Waals surface area contributed by atoms with E-state index < -0.39 is 62.8 Å². The summed E-state index contributed by atoms with van der Waals surface area (Å²) in [5.41, 5.74) is -0.111. The van der Waals surface area contributed by atoms with Gasteiger partial charge in [-0.05, 0) is 68.1 Å². The number of amides is 1. The van der Waals surface area contributed by atoms with E-state index in [2.05, 4.69) is 4.72 Å². The minimum atomic E-state index is -3.64. The second-order valence-corrected chi connectivity index (χ2v) is 13.6. The van der Waals surface area contributed by atoms with Crippen LogP contribution in [0.5, 0.6) is 0 Å². The van der Waals surface area contributed by atoms with Crippen LogP contribution in [0.2, 0.25) is 10.0 Å². The standard InChI is InChI=1S/C27H33Cl2FN2O5S/c1-5-22(15-31-38(36,37)16(2)3)32-25(17-6-8-19(28)9-7-17)23(18-10-20(29)12-21(30)11-18)13-27(4,26(32)35)14-24(33)34/h6-12,16,22-23,25,31H,5,13-15H2,1-4H3,(H,33,34)/t22-,23+,25+,27+/m0/s1. The van der Waals surface area contributed by atoms with Gasteiger partial charge in [0.2, 0.25) is 15.9 Å². The zero-order valence-electron chi connectivity index (χ0n) is 21.7. The van der Waals surface area contributed by atoms with Crippen molar-refractivity contribution in [2.24, 2.45) is 5.41 Å². The number of likely N-dealkylation sites (tertiary alicyclic amines) is 1. The Balaban J connectivity index is 2.23. The third-order valence-electron chi connectivity index (χ3n) is 7.17. The first-order valence-corrected chi connectivity index (χ1v) is 14.7. The Morgan fingerprint density at radius 3 is 2.32 bits per heavy atom. The molecule has 1 fully saturated rings. The first-order valence-electron chi connectivity index (χ1n) is 12.4. The van der Waals surface area contributed by atoms with Crippen LogP contribution in [0, 0.1) is 11.2 Å². The zero-order valence-corrected chi connectivity index (χ0v) is 24.1. The minimum absolute atomic E-state index is 0.0629. The first-order chi connectivity index (χ1) is 17.7. The molecule has 4 atom stereocenters. The van der Waals surface area contributed by atoms with Gasteiger partial charge in [-0.25, -0.2) is 17.5 Å². The lowest BCUT2D eigenvalue weighted by molar-refractivity contribution is -0.160. The Bertz CT molecular complexity index is 1270. The molecule has 11 heteroatoms. The maximum atomic E-state index is 14.5. The maximum Gasteiger partial charge on any atom is 0.304 e. The number of nitrogens with zero attached hydrogens (tertiary/aromatic N) is 1. The average Bonchev–Trinajstić information content (AvgIpc) is 2.81. The summed E-state index contributed by atoms with van der Waals surface area (Å²) < 4.78 is 42.3. The fraction of sp³-hybridized carbons (Fsp3) is 0.481. The highest BCUT2D eigenvalue weighted by molar-refractivity contribution is 7.90. The van der Waals surface area contributed by atoms with Crippen molar-refractivity contribution in [1.29, 1.82) is 0 Å². The Kier molecular flexibility index (Phi) is 9.50. The summed E-state index contributed by atoms with van der Waals surface area (Å²) in [4.78, 5) is 27.6. The molecule has 0 saturated carbocycles. The smallest absolute Gasteiger partial charge is 0.304 e. The highest BCUT2D eigenvalue weighted by Crippen LogP contribution is 2.52. The molecule has 38 heavy (non-hydrogen) atoms. The van der Waals surface area contributed by atoms with Gasteiger partial charge in [0.1, 0.15) is 5.82 Å². The largest absolute Gasteiger partial charge is 0.481 e. The Labute approximate surface area is 233 Å². The van der Waals surface area contributed by atoms with Crippen molar-refractivity contribution in [3.63, 3.8) is 0 Å². The van der Waals surface area contributed by atoms with Gasteiger partial charge in [-0.3, -0.25) is 9.59 Å². The normalized spacial score (nSPS) is 23.1. The van der Waals surface area contributed by atoms with Crippen LogP contribution in [-0.4, -0.2) is 48.1 Å². The van der Waals surface area contributed by atoms with Crippen molar-refractivity contribution >= 4 is 45.1 Å². The van der Waals surface area contributed by atoms with Gasteiger partial charge in [-0.2, -0.15) is 0 Å². The quantitative estimate of drug-likeness (QED) is 0.367. The lowest BCUT2D eigenvalue weighted by Gasteiger charge is -2.52. The molecule has 0 spiro atoms. The molecule has 0 radical (unpaired) electrons. The average molecular weight is 588 g/mol. The Morgan fingerprint density at radius 1 is 1.16 bits per heavy atom. The van der Waals surface area contributed by atoms with Crippen LogP contribution >= 0.6 is 23.2 Å². The van der Waals surface area contributed by atoms with Gasteiger partial charge in [0, 0.05) is 28.5 Å². The lowest BCUT2D eigenvalue weighted by Crippen LogP contribution is -2.58. The molecule has 0 bridgehead atoms. The van der Waals surface area contributed by atoms with Crippen LogP contribution in [0.15, 0.2) is 42.5 Å². The third kappa shape index (κ3) is 6.68. The fourth-order valence-electron chi connectivity index (χ4n) is 5.15. The number of carboxylic acids is 1. The maximum absolute atomic E-state index is 14.5. The lowest BCUT2D eigenvalue weighted by atomic mass is 9.67. The second-order valence-electron chi connectivity index (χ2n) is 10.4. The molecule has 0 unspecified atom stereocenters. The number of carbonyl (C=O) groups excluding carboxylic acids is 1. The zero-order chi connectivity index (χ0) is 28.4. The monoisotopic (exact) mass is 586 g/mol. The molecule has 2 aromatic rings. The van der Waals surface area contributed by atoms with Gasteiger partial charge in [-0.15, -0.1) is 0 Å². The second kappa shape index (κ2) is 11.9. The number of rotatable bonds is 10. The summed E-state index contributed by atoms with van der Waals surface area (Å²) >= 11 is 12.4. The predicted molar refractivity (Wildman–Crippen MR) is 146 cm³/mol. The molecular formula is C27H33Cl2FN2O5S. The molecule has 1 saturated heterocycles. The minimum Gasteiger partial charge on any atom is -0.481 e. The van der Waals surface area contributed by atoms with Crippen LogP contribution in [0.25, 0.3) is 0 Å². The van der Waals surface area contributed by atoms with Gasteiger partial charge in [0.05, 0.1) is 23.1 Å². The highest BCUT2D eigenvalue weighted by Gasteiger charge is 2.52. The third-order valence-corrected chi connectivity index (χ3v) is 9.45. The first kappa shape index (κ1) is 30.3. The van der Waals surface area contributed by atoms with E-state index in [1.807, 2.05) is 6.92 Å². The number of hydrogen-bond donors (Lipinski definition) is 2. The van der Waals surface area contributed by atoms with Gasteiger partial charge >= 0.3 is 5.97 Å². The van der Waals surface area contributed by atoms with E-state index in [1.165, 1.54) is 12.1 Å². The number of piperidine rings is 1. The van der Waals surface area contributed by atoms with Crippen molar-refractivity contribution in [2.45, 2.75) is 70.2 Å². The van der Waals surface area contributed by atoms with Crippen LogP contribution in [0.4, 0.5) is 4.39 Å². The molecule has 1 aliphatic rings. The summed E-state index contributed by atoms with van der Waals surface area (Å²) in [5.74, 6) is -2.64. The number of hydrogen-bond acceptors (Lipinski definition) is 4. The van der Waals surface area contributed by atoms with E-state index in [0.717, 1.165) is 0 Å². The van der Waals surface area contributed by atoms with Crippen molar-refractivity contribution in [1.82, 2.24) is 9.62 Å². The van der Waals surface area contributed by atoms with E-state index in [4.69, 9.17) is 23.2 Å². The van der Waals surface area contributed by atoms with E-state index in [-0.39, 0.29) is 18.0 Å². The number of sulfonamides is 1. The molecule has 2 aromatic carbocycles. The van der Waals surface area contributed by atoms with Crippen LogP contribution in [0.3, 0.4) is 0 Å². The summed E-state index contributed by atoms with van der Waals surface area (Å²) in [6, 6.07) is 9.78. The van der Waals surface area contributed by atoms with E-state index in [9.17, 15) is 27.5 Å². The summed E-state index contributed by atoms with van der Waals surface area (Å²) in [6.07, 6.45) is 0.0649. The fourth-order valence-corrected chi connectivity index (χ4v) is 6.27. The molecule has 2 N–H and O–H groups in total. The predicted octanol–water partition coefficient (Wildman–Crippen LogP) is 5.78. The van der Waals surface area contributed by atoms with Crippen LogP contribution in [0.1, 0.15) is 70.0 Å². The topological polar surface area (TPSA) is 104 Å². The van der Waals surface area contributed by atoms with Crippen LogP contribution in [-0.2, 0) is 19.6 Å². The van der Waals surface area contributed by atoms with Gasteiger partial charge < -0.3 is 10.0 Å². The van der Waals surface area contributed by atoms with E-state index >= 15 is 0 Å². The molecule has 7 nitrogen and oxygen atoms in total. The number of aliphatic carboxylic acids is 1. The van der Waals surface area contributed by atoms with Crippen molar-refractivity contribution in [2.75, 3.05) is 6.54 Å². The molecule has 208 valence electrons. The number of carboxylic acid groups (broad SMARTS) is 1. The number of benzene rings is 2. The van der Waals surface area contributed by atoms with Crippen molar-refractivity contribution in [3.8, 4) is 0 Å². The summed E-state index contributed by atoms with van der Waals surface area (Å²) in [5, 5.41) is 9.69. The number of nitrogens with one attached hydrogen (secondary N) is 1. The van der Waals surface area contributed by atoms with Gasteiger partial charge in [0.25, 0.3) is 0 Å². The molecular weight excluding hydrogens is 554 g/mol. The van der Waals surface area contributed by atoms with E-state index in [0.29, 0.717) is 22.6 Å². The Morgan fingerprint density at radius 2 is 1.79 bits per heavy atom. The Hall–Kier alpha value is -2.20. The molecule has 1 amide bonds. The summed E-state index contributed by atoms with van der Waals surface area (Å²) in [6.45, 7) is 6.47.